The molecule has 0 radical (unpaired) electrons. The van der Waals surface area contributed by atoms with E-state index >= 15 is 0 Å². The maximum Gasteiger partial charge on any atom is 0.0930 e. The van der Waals surface area contributed by atoms with E-state index in [2.05, 4.69) is 164 Å². The van der Waals surface area contributed by atoms with E-state index in [0.717, 1.165) is 22.5 Å². The predicted molar refractivity (Wildman–Crippen MR) is 191 cm³/mol. The van der Waals surface area contributed by atoms with Crippen molar-refractivity contribution in [3.8, 4) is 33.5 Å². The molecule has 0 saturated carbocycles. The Hall–Kier alpha value is -5.34. The summed E-state index contributed by atoms with van der Waals surface area (Å²) < 4.78 is 0. The lowest BCUT2D eigenvalue weighted by atomic mass is 9.55. The highest BCUT2D eigenvalue weighted by Crippen LogP contribution is 2.63. The number of aromatic nitrogens is 2. The van der Waals surface area contributed by atoms with Gasteiger partial charge in [-0.05, 0) is 93.3 Å². The van der Waals surface area contributed by atoms with E-state index in [1.54, 1.807) is 0 Å². The van der Waals surface area contributed by atoms with Crippen LogP contribution in [0.15, 0.2) is 146 Å². The first-order valence-electron chi connectivity index (χ1n) is 16.2. The van der Waals surface area contributed by atoms with Gasteiger partial charge in [-0.25, -0.2) is 0 Å². The monoisotopic (exact) mass is 592 g/mol. The van der Waals surface area contributed by atoms with Crippen LogP contribution >= 0.6 is 0 Å². The van der Waals surface area contributed by atoms with Crippen molar-refractivity contribution in [2.75, 3.05) is 0 Å². The summed E-state index contributed by atoms with van der Waals surface area (Å²) in [5.41, 5.74) is 16.6. The van der Waals surface area contributed by atoms with Crippen molar-refractivity contribution in [1.29, 1.82) is 0 Å². The first-order chi connectivity index (χ1) is 22.5. The van der Waals surface area contributed by atoms with Gasteiger partial charge in [0, 0.05) is 11.0 Å². The smallest absolute Gasteiger partial charge is 0.0930 e. The first kappa shape index (κ1) is 28.2. The van der Waals surface area contributed by atoms with E-state index in [1.807, 2.05) is 19.9 Å². The molecule has 0 fully saturated rings. The van der Waals surface area contributed by atoms with Gasteiger partial charge in [0.1, 0.15) is 0 Å². The Morgan fingerprint density at radius 3 is 1.78 bits per heavy atom. The number of hydrogen-bond donors (Lipinski definition) is 0. The van der Waals surface area contributed by atoms with Gasteiger partial charge in [0.15, 0.2) is 0 Å². The summed E-state index contributed by atoms with van der Waals surface area (Å²) in [5, 5.41) is 9.23. The molecule has 2 nitrogen and oxygen atoms in total. The van der Waals surface area contributed by atoms with Crippen LogP contribution in [0.25, 0.3) is 39.1 Å². The highest BCUT2D eigenvalue weighted by Gasteiger charge is 2.53. The zero-order chi connectivity index (χ0) is 31.5. The molecule has 2 heteroatoms. The fraction of sp³-hybridized carbons (Fsp3) is 0.136. The van der Waals surface area contributed by atoms with E-state index in [0.29, 0.717) is 0 Å². The van der Waals surface area contributed by atoms with Crippen molar-refractivity contribution in [3.05, 3.63) is 185 Å². The molecule has 0 N–H and O–H groups in total. The zero-order valence-corrected chi connectivity index (χ0v) is 26.8. The van der Waals surface area contributed by atoms with E-state index in [9.17, 15) is 0 Å². The minimum atomic E-state index is -0.402. The van der Waals surface area contributed by atoms with Crippen LogP contribution in [0, 0.1) is 0 Å². The van der Waals surface area contributed by atoms with Crippen molar-refractivity contribution >= 4 is 5.57 Å². The second-order valence-electron chi connectivity index (χ2n) is 12.9. The van der Waals surface area contributed by atoms with Crippen LogP contribution in [-0.4, -0.2) is 10.2 Å². The molecule has 0 amide bonds. The van der Waals surface area contributed by atoms with Gasteiger partial charge in [-0.3, -0.25) is 0 Å². The Morgan fingerprint density at radius 2 is 1.13 bits per heavy atom. The molecule has 5 aromatic carbocycles. The topological polar surface area (TPSA) is 25.8 Å². The molecule has 0 atom stereocenters. The Kier molecular flexibility index (Phi) is 6.51. The van der Waals surface area contributed by atoms with Crippen molar-refractivity contribution < 1.29 is 0 Å². The average molecular weight is 593 g/mol. The van der Waals surface area contributed by atoms with Crippen molar-refractivity contribution in [3.63, 3.8) is 0 Å². The summed E-state index contributed by atoms with van der Waals surface area (Å²) in [6.45, 7) is 8.79. The molecule has 1 aromatic heterocycles. The van der Waals surface area contributed by atoms with Crippen molar-refractivity contribution in [1.82, 2.24) is 10.2 Å². The summed E-state index contributed by atoms with van der Waals surface area (Å²) in [4.78, 5) is 0. The Morgan fingerprint density at radius 1 is 0.543 bits per heavy atom. The molecule has 2 aliphatic rings. The molecule has 46 heavy (non-hydrogen) atoms. The molecule has 0 saturated heterocycles. The molecule has 8 rings (SSSR count). The van der Waals surface area contributed by atoms with Gasteiger partial charge in [0.05, 0.1) is 16.8 Å². The summed E-state index contributed by atoms with van der Waals surface area (Å²) in [6.07, 6.45) is 6.16. The van der Waals surface area contributed by atoms with Gasteiger partial charge >= 0.3 is 0 Å². The van der Waals surface area contributed by atoms with Gasteiger partial charge in [-0.15, -0.1) is 10.2 Å². The summed E-state index contributed by atoms with van der Waals surface area (Å²) in [7, 11) is 0. The molecule has 222 valence electrons. The van der Waals surface area contributed by atoms with Crippen LogP contribution < -0.4 is 0 Å². The standard InChI is InChI=1S/C44H36N2/c1-5-15-29(6-2)40-26-27-41(46-45-40)31-17-13-16-30(28-31)32-19-14-25-39-42(32)33-18-7-8-20-34(33)44(39)37-23-11-9-21-35(37)43(3,4)36-22-10-12-24-38(36)44/h5-28H,1-4H3/b15-5-,29-6+. The number of fused-ring (bicyclic) bond motifs is 9. The second kappa shape index (κ2) is 10.6. The van der Waals surface area contributed by atoms with E-state index in [4.69, 9.17) is 0 Å². The fourth-order valence-electron chi connectivity index (χ4n) is 8.14. The molecular formula is C44H36N2. The molecule has 2 aliphatic carbocycles. The van der Waals surface area contributed by atoms with Crippen LogP contribution in [0.1, 0.15) is 66.8 Å². The summed E-state index contributed by atoms with van der Waals surface area (Å²) in [6, 6.07) is 47.1. The van der Waals surface area contributed by atoms with Crippen LogP contribution in [0.4, 0.5) is 0 Å². The maximum absolute atomic E-state index is 4.65. The lowest BCUT2D eigenvalue weighted by Crippen LogP contribution is -2.40. The summed E-state index contributed by atoms with van der Waals surface area (Å²) >= 11 is 0. The van der Waals surface area contributed by atoms with Gasteiger partial charge in [-0.2, -0.15) is 0 Å². The Balaban J connectivity index is 1.35. The molecule has 0 unspecified atom stereocenters. The number of hydrogen-bond acceptors (Lipinski definition) is 2. The Labute approximate surface area is 271 Å². The third kappa shape index (κ3) is 3.89. The maximum atomic E-state index is 4.65. The molecule has 0 bridgehead atoms. The van der Waals surface area contributed by atoms with Gasteiger partial charge in [-0.1, -0.05) is 141 Å². The molecule has 6 aromatic rings. The second-order valence-corrected chi connectivity index (χ2v) is 12.9. The van der Waals surface area contributed by atoms with E-state index in [1.165, 1.54) is 55.6 Å². The normalized spacial score (nSPS) is 15.3. The zero-order valence-electron chi connectivity index (χ0n) is 26.8. The van der Waals surface area contributed by atoms with Gasteiger partial charge < -0.3 is 0 Å². The quantitative estimate of drug-likeness (QED) is 0.190. The average Bonchev–Trinajstić information content (AvgIpc) is 3.41. The van der Waals surface area contributed by atoms with Crippen molar-refractivity contribution in [2.24, 2.45) is 0 Å². The minimum absolute atomic E-state index is 0.112. The largest absolute Gasteiger partial charge is 0.150 e. The molecular weight excluding hydrogens is 556 g/mol. The van der Waals surface area contributed by atoms with Crippen LogP contribution in [0.2, 0.25) is 0 Å². The molecule has 1 spiro atoms. The highest BCUT2D eigenvalue weighted by atomic mass is 15.1. The van der Waals surface area contributed by atoms with Crippen LogP contribution in [-0.2, 0) is 10.8 Å². The minimum Gasteiger partial charge on any atom is -0.150 e. The SMILES string of the molecule is C/C=C\C(=C/C)c1ccc(-c2cccc(-c3cccc4c3-c3ccccc3C43c4ccccc4C(C)(C)c4ccccc43)c2)nn1. The first-order valence-corrected chi connectivity index (χ1v) is 16.2. The van der Waals surface area contributed by atoms with Gasteiger partial charge in [0.2, 0.25) is 0 Å². The van der Waals surface area contributed by atoms with Crippen LogP contribution in [0.5, 0.6) is 0 Å². The van der Waals surface area contributed by atoms with Crippen LogP contribution in [0.3, 0.4) is 0 Å². The van der Waals surface area contributed by atoms with E-state index in [-0.39, 0.29) is 5.41 Å². The van der Waals surface area contributed by atoms with Gasteiger partial charge in [0.25, 0.3) is 0 Å². The number of benzene rings is 5. The number of allylic oxidation sites excluding steroid dienone is 4. The van der Waals surface area contributed by atoms with E-state index < -0.39 is 5.41 Å². The molecule has 1 heterocycles. The lowest BCUT2D eigenvalue weighted by molar-refractivity contribution is 0.563. The Bertz CT molecular complexity index is 2150. The summed E-state index contributed by atoms with van der Waals surface area (Å²) in [5.74, 6) is 0. The fourth-order valence-corrected chi connectivity index (χ4v) is 8.14. The third-order valence-corrected chi connectivity index (χ3v) is 10.2. The third-order valence-electron chi connectivity index (χ3n) is 10.2. The highest BCUT2D eigenvalue weighted by molar-refractivity contribution is 5.96. The lowest BCUT2D eigenvalue weighted by Gasteiger charge is -2.46. The predicted octanol–water partition coefficient (Wildman–Crippen LogP) is 10.8. The number of rotatable bonds is 4. The number of nitrogens with zero attached hydrogens (tertiary/aromatic N) is 2. The molecule has 0 aliphatic heterocycles. The van der Waals surface area contributed by atoms with Crippen molar-refractivity contribution in [2.45, 2.75) is 38.5 Å².